The number of amides is 1. The molecule has 0 aliphatic rings. The number of hydrogen-bond donors (Lipinski definition) is 2. The first kappa shape index (κ1) is 14.1. The van der Waals surface area contributed by atoms with Crippen LogP contribution in [0.4, 0.5) is 0 Å². The lowest BCUT2D eigenvalue weighted by molar-refractivity contribution is -0.122. The van der Waals surface area contributed by atoms with Gasteiger partial charge in [-0.1, -0.05) is 13.8 Å². The Hall–Kier alpha value is -0.940. The smallest absolute Gasteiger partial charge is 0.220 e. The number of aromatic nitrogens is 1. The van der Waals surface area contributed by atoms with E-state index < -0.39 is 0 Å². The monoisotopic (exact) mass is 255 g/mol. The molecule has 1 amide bonds. The van der Waals surface area contributed by atoms with Gasteiger partial charge in [0.2, 0.25) is 5.91 Å². The molecule has 0 fully saturated rings. The highest BCUT2D eigenvalue weighted by molar-refractivity contribution is 7.09. The molecule has 0 saturated heterocycles. The summed E-state index contributed by atoms with van der Waals surface area (Å²) in [6, 6.07) is 0. The van der Waals surface area contributed by atoms with Crippen molar-refractivity contribution in [2.75, 3.05) is 6.54 Å². The van der Waals surface area contributed by atoms with Crippen LogP contribution in [0.2, 0.25) is 0 Å². The van der Waals surface area contributed by atoms with Crippen LogP contribution in [0.15, 0.2) is 11.6 Å². The fraction of sp³-hybridized carbons (Fsp3) is 0.667. The molecule has 1 aromatic rings. The van der Waals surface area contributed by atoms with E-state index in [0.29, 0.717) is 25.4 Å². The fourth-order valence-electron chi connectivity index (χ4n) is 1.78. The number of nitrogens with two attached hydrogens (primary N) is 1. The molecule has 0 spiro atoms. The minimum absolute atomic E-state index is 0.0660. The topological polar surface area (TPSA) is 68.0 Å². The van der Waals surface area contributed by atoms with E-state index >= 15 is 0 Å². The Morgan fingerprint density at radius 1 is 1.59 bits per heavy atom. The van der Waals surface area contributed by atoms with Crippen molar-refractivity contribution >= 4 is 17.2 Å². The van der Waals surface area contributed by atoms with E-state index in [1.54, 1.807) is 17.5 Å². The summed E-state index contributed by atoms with van der Waals surface area (Å²) in [5, 5.41) is 5.72. The average Bonchev–Trinajstić information content (AvgIpc) is 2.77. The van der Waals surface area contributed by atoms with Crippen molar-refractivity contribution in [3.63, 3.8) is 0 Å². The van der Waals surface area contributed by atoms with E-state index in [0.717, 1.165) is 11.4 Å². The Bertz CT molecular complexity index is 325. The Morgan fingerprint density at radius 3 is 2.88 bits per heavy atom. The zero-order valence-electron chi connectivity index (χ0n) is 10.5. The molecule has 17 heavy (non-hydrogen) atoms. The normalized spacial score (nSPS) is 12.7. The van der Waals surface area contributed by atoms with Gasteiger partial charge in [0.25, 0.3) is 0 Å². The zero-order chi connectivity index (χ0) is 12.7. The molecule has 96 valence electrons. The van der Waals surface area contributed by atoms with Crippen molar-refractivity contribution in [2.45, 2.75) is 33.2 Å². The molecule has 1 rings (SSSR count). The van der Waals surface area contributed by atoms with Gasteiger partial charge < -0.3 is 11.1 Å². The van der Waals surface area contributed by atoms with Gasteiger partial charge in [-0.2, -0.15) is 0 Å². The van der Waals surface area contributed by atoms with Crippen molar-refractivity contribution in [3.05, 3.63) is 16.6 Å². The Balaban J connectivity index is 2.27. The van der Waals surface area contributed by atoms with Gasteiger partial charge in [-0.25, -0.2) is 4.98 Å². The van der Waals surface area contributed by atoms with Crippen LogP contribution in [0.3, 0.4) is 0 Å². The highest BCUT2D eigenvalue weighted by atomic mass is 32.1. The summed E-state index contributed by atoms with van der Waals surface area (Å²) in [6.07, 6.45) is 3.26. The first-order chi connectivity index (χ1) is 8.11. The van der Waals surface area contributed by atoms with Crippen LogP contribution in [-0.4, -0.2) is 17.4 Å². The minimum atomic E-state index is 0.0660. The molecule has 0 aromatic carbocycles. The van der Waals surface area contributed by atoms with Gasteiger partial charge in [0.05, 0.1) is 6.54 Å². The third-order valence-electron chi connectivity index (χ3n) is 2.53. The molecule has 0 aliphatic carbocycles. The van der Waals surface area contributed by atoms with Gasteiger partial charge in [0.1, 0.15) is 5.01 Å². The predicted octanol–water partition coefficient (Wildman–Crippen LogP) is 1.77. The molecular formula is C12H21N3OS. The highest BCUT2D eigenvalue weighted by Crippen LogP contribution is 2.14. The molecule has 1 atom stereocenters. The minimum Gasteiger partial charge on any atom is -0.350 e. The molecule has 0 unspecified atom stereocenters. The first-order valence-electron chi connectivity index (χ1n) is 5.97. The summed E-state index contributed by atoms with van der Waals surface area (Å²) in [5.41, 5.74) is 5.67. The SMILES string of the molecule is CC(C)C[C@H](CN)CC(=O)NCc1nccs1. The summed E-state index contributed by atoms with van der Waals surface area (Å²) < 4.78 is 0. The van der Waals surface area contributed by atoms with E-state index in [1.807, 2.05) is 5.38 Å². The maximum Gasteiger partial charge on any atom is 0.220 e. The lowest BCUT2D eigenvalue weighted by Gasteiger charge is -2.16. The first-order valence-corrected chi connectivity index (χ1v) is 6.85. The quantitative estimate of drug-likeness (QED) is 0.780. The van der Waals surface area contributed by atoms with Gasteiger partial charge >= 0.3 is 0 Å². The number of thiazole rings is 1. The summed E-state index contributed by atoms with van der Waals surface area (Å²) in [6.45, 7) is 5.39. The molecule has 4 nitrogen and oxygen atoms in total. The van der Waals surface area contributed by atoms with E-state index in [2.05, 4.69) is 24.1 Å². The zero-order valence-corrected chi connectivity index (χ0v) is 11.3. The summed E-state index contributed by atoms with van der Waals surface area (Å²) in [7, 11) is 0. The summed E-state index contributed by atoms with van der Waals surface area (Å²) >= 11 is 1.55. The molecule has 0 aliphatic heterocycles. The number of hydrogen-bond acceptors (Lipinski definition) is 4. The number of carbonyl (C=O) groups is 1. The Labute approximate surface area is 107 Å². The van der Waals surface area contributed by atoms with Gasteiger partial charge in [-0.05, 0) is 24.8 Å². The largest absolute Gasteiger partial charge is 0.350 e. The highest BCUT2D eigenvalue weighted by Gasteiger charge is 2.13. The second kappa shape index (κ2) is 7.40. The molecule has 3 N–H and O–H groups in total. The molecule has 0 radical (unpaired) electrons. The van der Waals surface area contributed by atoms with Gasteiger partial charge in [-0.3, -0.25) is 4.79 Å². The van der Waals surface area contributed by atoms with E-state index in [-0.39, 0.29) is 11.8 Å². The third-order valence-corrected chi connectivity index (χ3v) is 3.31. The van der Waals surface area contributed by atoms with Crippen LogP contribution >= 0.6 is 11.3 Å². The van der Waals surface area contributed by atoms with Crippen LogP contribution < -0.4 is 11.1 Å². The van der Waals surface area contributed by atoms with Crippen molar-refractivity contribution in [1.82, 2.24) is 10.3 Å². The molecule has 1 aromatic heterocycles. The average molecular weight is 255 g/mol. The molecular weight excluding hydrogens is 234 g/mol. The number of nitrogens with one attached hydrogen (secondary N) is 1. The molecule has 0 bridgehead atoms. The van der Waals surface area contributed by atoms with Crippen LogP contribution in [-0.2, 0) is 11.3 Å². The van der Waals surface area contributed by atoms with Crippen molar-refractivity contribution in [3.8, 4) is 0 Å². The third kappa shape index (κ3) is 5.79. The number of carbonyl (C=O) groups excluding carboxylic acids is 1. The predicted molar refractivity (Wildman–Crippen MR) is 70.6 cm³/mol. The van der Waals surface area contributed by atoms with Crippen LogP contribution in [0.5, 0.6) is 0 Å². The number of nitrogens with zero attached hydrogens (tertiary/aromatic N) is 1. The van der Waals surface area contributed by atoms with Gasteiger partial charge in [0.15, 0.2) is 0 Å². The Morgan fingerprint density at radius 2 is 2.35 bits per heavy atom. The van der Waals surface area contributed by atoms with Gasteiger partial charge in [-0.15, -0.1) is 11.3 Å². The van der Waals surface area contributed by atoms with Crippen LogP contribution in [0.1, 0.15) is 31.7 Å². The van der Waals surface area contributed by atoms with Gasteiger partial charge in [0, 0.05) is 18.0 Å². The second-order valence-corrected chi connectivity index (χ2v) is 5.62. The summed E-state index contributed by atoms with van der Waals surface area (Å²) in [5.74, 6) is 0.929. The van der Waals surface area contributed by atoms with Crippen molar-refractivity contribution < 1.29 is 4.79 Å². The molecule has 0 saturated carbocycles. The molecule has 1 heterocycles. The van der Waals surface area contributed by atoms with E-state index in [9.17, 15) is 4.79 Å². The van der Waals surface area contributed by atoms with E-state index in [1.165, 1.54) is 0 Å². The Kier molecular flexibility index (Phi) is 6.15. The second-order valence-electron chi connectivity index (χ2n) is 4.64. The van der Waals surface area contributed by atoms with Crippen molar-refractivity contribution in [2.24, 2.45) is 17.6 Å². The van der Waals surface area contributed by atoms with E-state index in [4.69, 9.17) is 5.73 Å². The molecule has 5 heteroatoms. The van der Waals surface area contributed by atoms with Crippen LogP contribution in [0, 0.1) is 11.8 Å². The lowest BCUT2D eigenvalue weighted by atomic mass is 9.94. The summed E-state index contributed by atoms with van der Waals surface area (Å²) in [4.78, 5) is 15.8. The maximum atomic E-state index is 11.7. The standard InChI is InChI=1S/C12H21N3OS/c1-9(2)5-10(7-13)6-11(16)15-8-12-14-3-4-17-12/h3-4,9-10H,5-8,13H2,1-2H3,(H,15,16)/t10-/m0/s1. The number of rotatable bonds is 7. The van der Waals surface area contributed by atoms with Crippen molar-refractivity contribution in [1.29, 1.82) is 0 Å². The maximum absolute atomic E-state index is 11.7. The van der Waals surface area contributed by atoms with Crippen LogP contribution in [0.25, 0.3) is 0 Å². The fourth-order valence-corrected chi connectivity index (χ4v) is 2.33. The lowest BCUT2D eigenvalue weighted by Crippen LogP contribution is -2.28.